The topological polar surface area (TPSA) is 89.5 Å². The largest absolute Gasteiger partial charge is 0.478 e. The predicted octanol–water partition coefficient (Wildman–Crippen LogP) is 1.64. The molecule has 0 fully saturated rings. The lowest BCUT2D eigenvalue weighted by Gasteiger charge is -2.23. The lowest BCUT2D eigenvalue weighted by Crippen LogP contribution is -2.43. The maximum Gasteiger partial charge on any atom is 0.232 e. The number of fused-ring (bicyclic) bond motifs is 1. The molecule has 1 unspecified atom stereocenters. The van der Waals surface area contributed by atoms with E-state index in [1.807, 2.05) is 20.8 Å². The molecule has 1 aromatic rings. The average molecular weight is 335 g/mol. The van der Waals surface area contributed by atoms with E-state index in [-0.39, 0.29) is 30.0 Å². The van der Waals surface area contributed by atoms with Crippen LogP contribution in [0, 0.1) is 5.92 Å². The van der Waals surface area contributed by atoms with Crippen LogP contribution < -0.4 is 15.4 Å². The number of hydrogen-bond acceptors (Lipinski definition) is 6. The van der Waals surface area contributed by atoms with Gasteiger partial charge in [-0.15, -0.1) is 0 Å². The summed E-state index contributed by atoms with van der Waals surface area (Å²) in [5.41, 5.74) is 0.897. The van der Waals surface area contributed by atoms with Crippen molar-refractivity contribution in [2.24, 2.45) is 5.92 Å². The molecule has 0 saturated heterocycles. The Hall–Kier alpha value is -2.15. The van der Waals surface area contributed by atoms with Crippen molar-refractivity contribution in [3.8, 4) is 5.88 Å². The Morgan fingerprint density at radius 3 is 2.96 bits per heavy atom. The van der Waals surface area contributed by atoms with Crippen LogP contribution in [0.2, 0.25) is 0 Å². The van der Waals surface area contributed by atoms with Gasteiger partial charge in [0.1, 0.15) is 11.6 Å². The van der Waals surface area contributed by atoms with Crippen molar-refractivity contribution in [2.45, 2.75) is 33.3 Å². The summed E-state index contributed by atoms with van der Waals surface area (Å²) in [7, 11) is 0. The van der Waals surface area contributed by atoms with Crippen LogP contribution in [-0.2, 0) is 9.53 Å². The second-order valence-electron chi connectivity index (χ2n) is 5.84. The molecule has 7 heteroatoms. The highest BCUT2D eigenvalue weighted by Crippen LogP contribution is 2.25. The highest BCUT2D eigenvalue weighted by Gasteiger charge is 2.34. The number of carbonyl (C=O) groups is 2. The summed E-state index contributed by atoms with van der Waals surface area (Å²) < 4.78 is 10.7. The number of ether oxygens (including phenoxy) is 2. The number of anilines is 1. The highest BCUT2D eigenvalue weighted by molar-refractivity contribution is 6.13. The molecule has 24 heavy (non-hydrogen) atoms. The van der Waals surface area contributed by atoms with Gasteiger partial charge in [0, 0.05) is 25.8 Å². The van der Waals surface area contributed by atoms with Crippen LogP contribution in [0.25, 0.3) is 0 Å². The Morgan fingerprint density at radius 1 is 1.46 bits per heavy atom. The molecule has 0 aliphatic carbocycles. The molecule has 1 amide bonds. The van der Waals surface area contributed by atoms with Crippen LogP contribution in [0.15, 0.2) is 12.1 Å². The van der Waals surface area contributed by atoms with Gasteiger partial charge in [-0.25, -0.2) is 4.98 Å². The van der Waals surface area contributed by atoms with Crippen molar-refractivity contribution in [2.75, 3.05) is 31.6 Å². The average Bonchev–Trinajstić information content (AvgIpc) is 2.55. The third-order valence-corrected chi connectivity index (χ3v) is 3.60. The third kappa shape index (κ3) is 4.67. The molecule has 2 heterocycles. The maximum atomic E-state index is 12.5. The van der Waals surface area contributed by atoms with Gasteiger partial charge < -0.3 is 20.1 Å². The zero-order valence-electron chi connectivity index (χ0n) is 14.4. The van der Waals surface area contributed by atoms with E-state index in [1.165, 1.54) is 0 Å². The van der Waals surface area contributed by atoms with E-state index >= 15 is 0 Å². The Kier molecular flexibility index (Phi) is 6.54. The molecule has 1 aliphatic rings. The number of hydrogen-bond donors (Lipinski definition) is 2. The normalized spacial score (nSPS) is 16.5. The minimum absolute atomic E-state index is 0.173. The summed E-state index contributed by atoms with van der Waals surface area (Å²) in [6.45, 7) is 7.58. The summed E-state index contributed by atoms with van der Waals surface area (Å²) >= 11 is 0. The molecule has 1 aromatic heterocycles. The smallest absolute Gasteiger partial charge is 0.232 e. The molecule has 0 bridgehead atoms. The molecular weight excluding hydrogens is 310 g/mol. The number of pyridine rings is 1. The first-order valence-electron chi connectivity index (χ1n) is 8.34. The Balaban J connectivity index is 1.92. The highest BCUT2D eigenvalue weighted by atomic mass is 16.5. The van der Waals surface area contributed by atoms with Gasteiger partial charge in [-0.3, -0.25) is 9.59 Å². The van der Waals surface area contributed by atoms with E-state index in [0.717, 1.165) is 0 Å². The summed E-state index contributed by atoms with van der Waals surface area (Å²) in [4.78, 5) is 29.0. The number of aromatic nitrogens is 1. The van der Waals surface area contributed by atoms with Gasteiger partial charge in [-0.05, 0) is 33.3 Å². The number of rotatable bonds is 8. The molecule has 0 saturated carbocycles. The Labute approximate surface area is 142 Å². The molecule has 2 N–H and O–H groups in total. The van der Waals surface area contributed by atoms with Crippen molar-refractivity contribution >= 4 is 17.4 Å². The lowest BCUT2D eigenvalue weighted by molar-refractivity contribution is -0.123. The van der Waals surface area contributed by atoms with Gasteiger partial charge in [-0.1, -0.05) is 0 Å². The van der Waals surface area contributed by atoms with E-state index in [9.17, 15) is 9.59 Å². The fraction of sp³-hybridized carbons (Fsp3) is 0.588. The lowest BCUT2D eigenvalue weighted by atomic mass is 9.95. The van der Waals surface area contributed by atoms with E-state index in [1.54, 1.807) is 12.1 Å². The summed E-state index contributed by atoms with van der Waals surface area (Å²) in [5.74, 6) is -0.946. The van der Waals surface area contributed by atoms with Gasteiger partial charge in [-0.2, -0.15) is 0 Å². The van der Waals surface area contributed by atoms with Gasteiger partial charge in [0.05, 0.1) is 18.4 Å². The second-order valence-corrected chi connectivity index (χ2v) is 5.84. The molecule has 1 atom stereocenters. The molecule has 7 nitrogen and oxygen atoms in total. The maximum absolute atomic E-state index is 12.5. The predicted molar refractivity (Wildman–Crippen MR) is 90.4 cm³/mol. The van der Waals surface area contributed by atoms with Crippen LogP contribution in [0.5, 0.6) is 5.88 Å². The Bertz CT molecular complexity index is 589. The summed E-state index contributed by atoms with van der Waals surface area (Å²) in [5, 5.41) is 5.87. The first-order chi connectivity index (χ1) is 11.5. The van der Waals surface area contributed by atoms with Crippen LogP contribution in [0.4, 0.5) is 5.69 Å². The third-order valence-electron chi connectivity index (χ3n) is 3.60. The molecular formula is C17H25N3O4. The van der Waals surface area contributed by atoms with Gasteiger partial charge in [0.25, 0.3) is 0 Å². The number of carbonyl (C=O) groups excluding carboxylic acids is 2. The van der Waals surface area contributed by atoms with Crippen LogP contribution >= 0.6 is 0 Å². The number of nitrogens with zero attached hydrogens (tertiary/aromatic N) is 1. The molecule has 1 aliphatic heterocycles. The molecule has 2 rings (SSSR count). The van der Waals surface area contributed by atoms with Crippen molar-refractivity contribution in [1.82, 2.24) is 10.3 Å². The minimum atomic E-state index is -0.770. The minimum Gasteiger partial charge on any atom is -0.478 e. The first kappa shape index (κ1) is 18.2. The summed E-state index contributed by atoms with van der Waals surface area (Å²) in [6.07, 6.45) is 0.883. The van der Waals surface area contributed by atoms with Gasteiger partial charge >= 0.3 is 0 Å². The fourth-order valence-electron chi connectivity index (χ4n) is 2.41. The van der Waals surface area contributed by atoms with Gasteiger partial charge in [0.2, 0.25) is 11.8 Å². The number of Topliss-reactive ketones (excluding diaryl/α,β-unsaturated/α-hetero) is 1. The van der Waals surface area contributed by atoms with Crippen molar-refractivity contribution < 1.29 is 19.1 Å². The van der Waals surface area contributed by atoms with E-state index in [2.05, 4.69) is 15.6 Å². The second kappa shape index (κ2) is 8.63. The van der Waals surface area contributed by atoms with Crippen LogP contribution in [0.3, 0.4) is 0 Å². The molecule has 132 valence electrons. The van der Waals surface area contributed by atoms with E-state index in [0.29, 0.717) is 37.7 Å². The zero-order valence-corrected chi connectivity index (χ0v) is 14.4. The SMILES string of the molecule is CCOc1ccc2c(n1)C(=O)C(C(=O)NCCCOC(C)C)CN2. The van der Waals surface area contributed by atoms with Crippen molar-refractivity contribution in [1.29, 1.82) is 0 Å². The summed E-state index contributed by atoms with van der Waals surface area (Å²) in [6, 6.07) is 3.46. The molecule has 0 spiro atoms. The van der Waals surface area contributed by atoms with Gasteiger partial charge in [0.15, 0.2) is 5.78 Å². The number of amides is 1. The standard InChI is InChI=1S/C17H25N3O4/c1-4-23-14-7-6-13-15(20-14)16(21)12(10-19-13)17(22)18-8-5-9-24-11(2)3/h6-7,11-12,19H,4-5,8-10H2,1-3H3,(H,18,22). The van der Waals surface area contributed by atoms with Crippen LogP contribution in [0.1, 0.15) is 37.7 Å². The van der Waals surface area contributed by atoms with Crippen LogP contribution in [-0.4, -0.2) is 49.1 Å². The monoisotopic (exact) mass is 335 g/mol. The van der Waals surface area contributed by atoms with E-state index in [4.69, 9.17) is 9.47 Å². The molecule has 0 aromatic carbocycles. The number of nitrogens with one attached hydrogen (secondary N) is 2. The van der Waals surface area contributed by atoms with E-state index < -0.39 is 5.92 Å². The Morgan fingerprint density at radius 2 is 2.25 bits per heavy atom. The first-order valence-corrected chi connectivity index (χ1v) is 8.34. The van der Waals surface area contributed by atoms with Crippen molar-refractivity contribution in [3.63, 3.8) is 0 Å². The fourth-order valence-corrected chi connectivity index (χ4v) is 2.41. The zero-order chi connectivity index (χ0) is 17.5. The number of ketones is 1. The van der Waals surface area contributed by atoms with Crippen molar-refractivity contribution in [3.05, 3.63) is 17.8 Å². The molecule has 0 radical (unpaired) electrons. The quantitative estimate of drug-likeness (QED) is 0.554.